The lowest BCUT2D eigenvalue weighted by Crippen LogP contribution is -2.33. The molecule has 0 amide bonds. The largest absolute Gasteiger partial charge is 0.454 e. The molecule has 0 saturated heterocycles. The van der Waals surface area contributed by atoms with E-state index in [4.69, 9.17) is 9.47 Å². The summed E-state index contributed by atoms with van der Waals surface area (Å²) >= 11 is 10.6. The number of nitrogens with one attached hydrogen (secondary N) is 2. The Hall–Kier alpha value is -4.91. The highest BCUT2D eigenvalue weighted by Crippen LogP contribution is 2.61. The lowest BCUT2D eigenvalue weighted by atomic mass is 9.77. The highest BCUT2D eigenvalue weighted by Gasteiger charge is 2.54. The predicted octanol–water partition coefficient (Wildman–Crippen LogP) is 10.6. The van der Waals surface area contributed by atoms with E-state index in [0.29, 0.717) is 75.0 Å². The van der Waals surface area contributed by atoms with E-state index in [2.05, 4.69) is 54.6 Å². The van der Waals surface area contributed by atoms with Crippen LogP contribution in [0.2, 0.25) is 0 Å². The van der Waals surface area contributed by atoms with Gasteiger partial charge in [-0.1, -0.05) is 78.1 Å². The zero-order valence-corrected chi connectivity index (χ0v) is 29.7. The van der Waals surface area contributed by atoms with E-state index in [1.54, 1.807) is 6.07 Å². The number of hydrogen-bond donors (Lipinski definition) is 2. The molecular weight excluding hydrogens is 784 g/mol. The fourth-order valence-corrected chi connectivity index (χ4v) is 9.92. The third-order valence-electron chi connectivity index (χ3n) is 8.84. The first kappa shape index (κ1) is 30.2. The summed E-state index contributed by atoms with van der Waals surface area (Å²) in [5.74, 6) is 0.337. The Bertz CT molecular complexity index is 2310. The van der Waals surface area contributed by atoms with Gasteiger partial charge in [-0.05, 0) is 74.3 Å². The van der Waals surface area contributed by atoms with Crippen LogP contribution in [0, 0.1) is 22.7 Å². The molecule has 0 atom stereocenters. The second kappa shape index (κ2) is 11.3. The molecule has 0 saturated carbocycles. The number of rotatable bonds is 2. The summed E-state index contributed by atoms with van der Waals surface area (Å²) < 4.78 is 14.3. The molecule has 0 aromatic heterocycles. The molecule has 5 aromatic rings. The van der Waals surface area contributed by atoms with Gasteiger partial charge in [0.2, 0.25) is 0 Å². The van der Waals surface area contributed by atoms with E-state index in [-0.39, 0.29) is 0 Å². The van der Waals surface area contributed by atoms with Crippen LogP contribution in [0.3, 0.4) is 0 Å². The first-order valence-corrected chi connectivity index (χ1v) is 18.2. The molecule has 2 N–H and O–H groups in total. The summed E-state index contributed by atoms with van der Waals surface area (Å²) in [4.78, 5) is 15.6. The molecule has 9 rings (SSSR count). The average molecular weight is 803 g/mol. The highest BCUT2D eigenvalue weighted by molar-refractivity contribution is 9.11. The molecule has 234 valence electrons. The van der Waals surface area contributed by atoms with Crippen LogP contribution in [0.4, 0.5) is 11.4 Å². The second-order valence-electron chi connectivity index (χ2n) is 11.4. The number of allylic oxidation sites excluding steroid dienone is 2. The van der Waals surface area contributed by atoms with E-state index >= 15 is 0 Å². The third kappa shape index (κ3) is 4.37. The number of anilines is 2. The van der Waals surface area contributed by atoms with Crippen molar-refractivity contribution in [1.29, 1.82) is 10.5 Å². The van der Waals surface area contributed by atoms with Crippen molar-refractivity contribution in [3.8, 4) is 23.6 Å². The van der Waals surface area contributed by atoms with Crippen LogP contribution in [-0.2, 0) is 10.3 Å². The number of para-hydroxylation sites is 2. The van der Waals surface area contributed by atoms with Crippen molar-refractivity contribution in [2.24, 2.45) is 0 Å². The van der Waals surface area contributed by atoms with Gasteiger partial charge >= 0.3 is 5.97 Å². The smallest absolute Gasteiger partial charge is 0.340 e. The van der Waals surface area contributed by atoms with Gasteiger partial charge in [0.15, 0.2) is 5.60 Å². The fraction of sp³-hybridized carbons (Fsp3) is 0.0263. The molecule has 0 unspecified atom stereocenters. The maximum absolute atomic E-state index is 13.5. The van der Waals surface area contributed by atoms with Gasteiger partial charge < -0.3 is 20.1 Å². The van der Waals surface area contributed by atoms with E-state index in [1.165, 1.54) is 23.5 Å². The fourth-order valence-electron chi connectivity index (χ4n) is 6.64. The van der Waals surface area contributed by atoms with E-state index in [9.17, 15) is 15.3 Å². The normalized spacial score (nSPS) is 19.5. The molecule has 0 radical (unpaired) electrons. The summed E-state index contributed by atoms with van der Waals surface area (Å²) in [5.41, 5.74) is 4.92. The van der Waals surface area contributed by atoms with Crippen LogP contribution in [-0.4, -0.2) is 5.97 Å². The average Bonchev–Trinajstić information content (AvgIpc) is 3.83. The Morgan fingerprint density at radius 2 is 1.14 bits per heavy atom. The molecule has 4 aliphatic heterocycles. The maximum atomic E-state index is 13.5. The quantitative estimate of drug-likeness (QED) is 0.133. The molecular formula is C38H18Br2N4O3S2. The van der Waals surface area contributed by atoms with Crippen molar-refractivity contribution in [2.75, 3.05) is 10.6 Å². The summed E-state index contributed by atoms with van der Waals surface area (Å²) in [7, 11) is 0. The standard InChI is InChI=1S/C38H18Br2N4O3S2/c39-31-19(22(17-41)35-43-27-9-3-5-11-29(27)48-35)13-15-25-33(31)46-34-26(38(25)24-8-2-1-7-21(24)37(45)47-38)16-14-20(32(34)40)23(18-42)36-44-28-10-4-6-12-30(28)49-36/h1-16,43-44H/b35-22-,36-23-. The maximum Gasteiger partial charge on any atom is 0.340 e. The van der Waals surface area contributed by atoms with Gasteiger partial charge in [-0.3, -0.25) is 0 Å². The Kier molecular flexibility index (Phi) is 6.97. The van der Waals surface area contributed by atoms with Crippen LogP contribution in [0.5, 0.6) is 11.5 Å². The van der Waals surface area contributed by atoms with Gasteiger partial charge in [-0.25, -0.2) is 4.79 Å². The number of carbonyl (C=O) groups is 1. The minimum Gasteiger partial charge on any atom is -0.454 e. The topological polar surface area (TPSA) is 107 Å². The number of nitriles is 2. The molecule has 0 bridgehead atoms. The number of ether oxygens (including phenoxy) is 2. The molecule has 7 nitrogen and oxygen atoms in total. The van der Waals surface area contributed by atoms with Crippen LogP contribution >= 0.6 is 55.4 Å². The van der Waals surface area contributed by atoms with Gasteiger partial charge in [0.1, 0.15) is 23.6 Å². The van der Waals surface area contributed by atoms with Gasteiger partial charge in [-0.15, -0.1) is 0 Å². The number of carbonyl (C=O) groups excluding carboxylic acids is 1. The Morgan fingerprint density at radius 3 is 1.65 bits per heavy atom. The molecule has 11 heteroatoms. The summed E-state index contributed by atoms with van der Waals surface area (Å²) in [6.07, 6.45) is 0. The molecule has 0 fully saturated rings. The minimum atomic E-state index is -1.36. The number of nitrogens with zero attached hydrogens (tertiary/aromatic N) is 2. The number of esters is 1. The first-order valence-electron chi connectivity index (χ1n) is 15.0. The van der Waals surface area contributed by atoms with Gasteiger partial charge in [0.25, 0.3) is 0 Å². The Labute approximate surface area is 305 Å². The van der Waals surface area contributed by atoms with Crippen molar-refractivity contribution in [1.82, 2.24) is 0 Å². The van der Waals surface area contributed by atoms with Crippen LogP contribution in [0.15, 0.2) is 126 Å². The number of fused-ring (bicyclic) bond motifs is 8. The van der Waals surface area contributed by atoms with Crippen LogP contribution in [0.25, 0.3) is 11.1 Å². The van der Waals surface area contributed by atoms with Crippen molar-refractivity contribution in [3.63, 3.8) is 0 Å². The number of hydrogen-bond acceptors (Lipinski definition) is 9. The van der Waals surface area contributed by atoms with Gasteiger partial charge in [0, 0.05) is 37.6 Å². The number of halogens is 2. The van der Waals surface area contributed by atoms with Gasteiger partial charge in [0.05, 0.1) is 47.1 Å². The summed E-state index contributed by atoms with van der Waals surface area (Å²) in [6, 6.07) is 35.3. The van der Waals surface area contributed by atoms with E-state index < -0.39 is 11.6 Å². The van der Waals surface area contributed by atoms with Crippen molar-refractivity contribution < 1.29 is 14.3 Å². The Balaban J connectivity index is 1.25. The highest BCUT2D eigenvalue weighted by atomic mass is 79.9. The zero-order chi connectivity index (χ0) is 33.4. The Morgan fingerprint density at radius 1 is 0.653 bits per heavy atom. The molecule has 1 spiro atoms. The summed E-state index contributed by atoms with van der Waals surface area (Å²) in [5, 5.41) is 29.1. The monoisotopic (exact) mass is 800 g/mol. The van der Waals surface area contributed by atoms with Gasteiger partial charge in [-0.2, -0.15) is 10.5 Å². The van der Waals surface area contributed by atoms with Crippen LogP contribution < -0.4 is 15.4 Å². The summed E-state index contributed by atoms with van der Waals surface area (Å²) in [6.45, 7) is 0. The lowest BCUT2D eigenvalue weighted by molar-refractivity contribution is 0.0223. The van der Waals surface area contributed by atoms with Crippen LogP contribution in [0.1, 0.15) is 38.2 Å². The molecule has 49 heavy (non-hydrogen) atoms. The predicted molar refractivity (Wildman–Crippen MR) is 197 cm³/mol. The van der Waals surface area contributed by atoms with Crippen molar-refractivity contribution in [2.45, 2.75) is 15.4 Å². The van der Waals surface area contributed by atoms with E-state index in [0.717, 1.165) is 21.2 Å². The number of benzene rings is 5. The van der Waals surface area contributed by atoms with Crippen molar-refractivity contribution in [3.05, 3.63) is 149 Å². The SMILES string of the molecule is N#C/C(=C1\Nc2ccccc2S1)c1ccc2c(c1Br)Oc1c(ccc(/C(C#N)=C3/Nc4ccccc4S3)c1Br)C21OC(=O)c2ccccc21. The lowest BCUT2D eigenvalue weighted by Gasteiger charge is -2.38. The zero-order valence-electron chi connectivity index (χ0n) is 24.9. The molecule has 0 aliphatic carbocycles. The van der Waals surface area contributed by atoms with E-state index in [1.807, 2.05) is 91.0 Å². The number of thioether (sulfide) groups is 2. The van der Waals surface area contributed by atoms with Crippen molar-refractivity contribution >= 4 is 83.9 Å². The molecule has 5 aromatic carbocycles. The molecule has 4 aliphatic rings. The minimum absolute atomic E-state index is 0.396. The molecule has 4 heterocycles. The first-order chi connectivity index (χ1) is 23.9. The third-order valence-corrected chi connectivity index (χ3v) is 12.6. The second-order valence-corrected chi connectivity index (χ2v) is 15.1.